The minimum absolute atomic E-state index is 0.0569. The molecule has 5 heteroatoms. The molecule has 13 heavy (non-hydrogen) atoms. The molecule has 1 aromatic heterocycles. The monoisotopic (exact) mass is 185 g/mol. The summed E-state index contributed by atoms with van der Waals surface area (Å²) in [5.41, 5.74) is 0.784. The second-order valence-corrected chi connectivity index (χ2v) is 4.06. The maximum absolute atomic E-state index is 8.68. The first-order valence-corrected chi connectivity index (χ1v) is 4.16. The molecule has 0 aliphatic rings. The van der Waals surface area contributed by atoms with Gasteiger partial charge in [-0.2, -0.15) is 0 Å². The van der Waals surface area contributed by atoms with E-state index in [2.05, 4.69) is 10.3 Å². The first-order valence-electron chi connectivity index (χ1n) is 4.16. The molecule has 5 nitrogen and oxygen atoms in total. The van der Waals surface area contributed by atoms with Crippen LogP contribution in [0.25, 0.3) is 0 Å². The smallest absolute Gasteiger partial charge is 0.171 e. The standard InChI is InChI=1S/C8H15N3O2/c1-8(2,3)6-4-11(10-9-6)5-7(12)13/h4,7,12-13H,5H2,1-3H3. The van der Waals surface area contributed by atoms with Crippen molar-refractivity contribution < 1.29 is 10.2 Å². The van der Waals surface area contributed by atoms with Crippen molar-refractivity contribution in [1.82, 2.24) is 15.0 Å². The highest BCUT2D eigenvalue weighted by atomic mass is 16.5. The normalized spacial score (nSPS) is 12.5. The van der Waals surface area contributed by atoms with E-state index in [9.17, 15) is 0 Å². The molecule has 0 bridgehead atoms. The number of hydrogen-bond acceptors (Lipinski definition) is 4. The van der Waals surface area contributed by atoms with Gasteiger partial charge in [0.1, 0.15) is 0 Å². The third-order valence-corrected chi connectivity index (χ3v) is 1.66. The fraction of sp³-hybridized carbons (Fsp3) is 0.750. The molecule has 0 aromatic carbocycles. The second kappa shape index (κ2) is 3.43. The summed E-state index contributed by atoms with van der Waals surface area (Å²) in [6.07, 6.45) is 0.342. The molecule has 1 rings (SSSR count). The lowest BCUT2D eigenvalue weighted by Gasteiger charge is -2.12. The lowest BCUT2D eigenvalue weighted by molar-refractivity contribution is -0.0537. The predicted octanol–water partition coefficient (Wildman–Crippen LogP) is -0.114. The van der Waals surface area contributed by atoms with Crippen LogP contribution in [0.5, 0.6) is 0 Å². The highest BCUT2D eigenvalue weighted by Crippen LogP contribution is 2.18. The average Bonchev–Trinajstić information content (AvgIpc) is 2.32. The van der Waals surface area contributed by atoms with E-state index in [1.165, 1.54) is 4.68 Å². The fourth-order valence-electron chi connectivity index (χ4n) is 0.899. The highest BCUT2D eigenvalue weighted by Gasteiger charge is 2.17. The van der Waals surface area contributed by atoms with Crippen LogP contribution in [0.2, 0.25) is 0 Å². The SMILES string of the molecule is CC(C)(C)c1cn(CC(O)O)nn1. The summed E-state index contributed by atoms with van der Waals surface area (Å²) >= 11 is 0. The van der Waals surface area contributed by atoms with Crippen molar-refractivity contribution >= 4 is 0 Å². The Kier molecular flexibility index (Phi) is 2.68. The number of aromatic nitrogens is 3. The fourth-order valence-corrected chi connectivity index (χ4v) is 0.899. The number of rotatable bonds is 2. The Hall–Kier alpha value is -0.940. The molecular weight excluding hydrogens is 170 g/mol. The summed E-state index contributed by atoms with van der Waals surface area (Å²) in [6, 6.07) is 0. The van der Waals surface area contributed by atoms with E-state index in [-0.39, 0.29) is 12.0 Å². The molecule has 0 atom stereocenters. The van der Waals surface area contributed by atoms with Crippen LogP contribution < -0.4 is 0 Å². The van der Waals surface area contributed by atoms with E-state index >= 15 is 0 Å². The van der Waals surface area contributed by atoms with Crippen molar-refractivity contribution in [3.8, 4) is 0 Å². The molecule has 0 saturated heterocycles. The van der Waals surface area contributed by atoms with Crippen molar-refractivity contribution in [3.63, 3.8) is 0 Å². The lowest BCUT2D eigenvalue weighted by atomic mass is 9.93. The average molecular weight is 185 g/mol. The van der Waals surface area contributed by atoms with Crippen LogP contribution in [-0.2, 0) is 12.0 Å². The van der Waals surface area contributed by atoms with Crippen LogP contribution in [0.4, 0.5) is 0 Å². The predicted molar refractivity (Wildman–Crippen MR) is 46.9 cm³/mol. The number of aliphatic hydroxyl groups excluding tert-OH is 1. The summed E-state index contributed by atoms with van der Waals surface area (Å²) in [6.45, 7) is 6.13. The van der Waals surface area contributed by atoms with Gasteiger partial charge in [0.2, 0.25) is 0 Å². The van der Waals surface area contributed by atoms with Crippen molar-refractivity contribution in [3.05, 3.63) is 11.9 Å². The number of hydrogen-bond donors (Lipinski definition) is 2. The van der Waals surface area contributed by atoms with Crippen LogP contribution >= 0.6 is 0 Å². The highest BCUT2D eigenvalue weighted by molar-refractivity contribution is 5.06. The number of aliphatic hydroxyl groups is 2. The zero-order chi connectivity index (χ0) is 10.1. The molecule has 0 aliphatic carbocycles. The molecule has 0 radical (unpaired) electrons. The molecule has 0 spiro atoms. The third kappa shape index (κ3) is 2.78. The Balaban J connectivity index is 2.75. The van der Waals surface area contributed by atoms with E-state index in [0.717, 1.165) is 5.69 Å². The van der Waals surface area contributed by atoms with Gasteiger partial charge >= 0.3 is 0 Å². The van der Waals surface area contributed by atoms with E-state index in [0.29, 0.717) is 0 Å². The molecule has 1 heterocycles. The van der Waals surface area contributed by atoms with Gasteiger partial charge < -0.3 is 10.2 Å². The lowest BCUT2D eigenvalue weighted by Crippen LogP contribution is -2.15. The van der Waals surface area contributed by atoms with Crippen LogP contribution in [0.1, 0.15) is 26.5 Å². The molecule has 2 N–H and O–H groups in total. The van der Waals surface area contributed by atoms with E-state index in [4.69, 9.17) is 10.2 Å². The van der Waals surface area contributed by atoms with Crippen LogP contribution in [0.15, 0.2) is 6.20 Å². The number of nitrogens with zero attached hydrogens (tertiary/aromatic N) is 3. The molecule has 0 fully saturated rings. The minimum Gasteiger partial charge on any atom is -0.367 e. The van der Waals surface area contributed by atoms with Crippen LogP contribution in [0.3, 0.4) is 0 Å². The van der Waals surface area contributed by atoms with Gasteiger partial charge in [-0.25, -0.2) is 4.68 Å². The summed E-state index contributed by atoms with van der Waals surface area (Å²) in [4.78, 5) is 0. The Bertz CT molecular complexity index is 275. The Morgan fingerprint density at radius 2 is 2.08 bits per heavy atom. The van der Waals surface area contributed by atoms with Crippen molar-refractivity contribution in [1.29, 1.82) is 0 Å². The van der Waals surface area contributed by atoms with Gasteiger partial charge in [-0.15, -0.1) is 5.10 Å². The van der Waals surface area contributed by atoms with E-state index in [1.54, 1.807) is 6.20 Å². The molecular formula is C8H15N3O2. The quantitative estimate of drug-likeness (QED) is 0.630. The van der Waals surface area contributed by atoms with E-state index < -0.39 is 6.29 Å². The second-order valence-electron chi connectivity index (χ2n) is 4.06. The van der Waals surface area contributed by atoms with Crippen molar-refractivity contribution in [2.75, 3.05) is 0 Å². The summed E-state index contributed by atoms with van der Waals surface area (Å²) in [5.74, 6) is 0. The first kappa shape index (κ1) is 10.1. The largest absolute Gasteiger partial charge is 0.367 e. The Morgan fingerprint density at radius 3 is 2.46 bits per heavy atom. The van der Waals surface area contributed by atoms with E-state index in [1.807, 2.05) is 20.8 Å². The van der Waals surface area contributed by atoms with Gasteiger partial charge in [-0.05, 0) is 0 Å². The van der Waals surface area contributed by atoms with Gasteiger partial charge in [-0.3, -0.25) is 0 Å². The van der Waals surface area contributed by atoms with Crippen LogP contribution in [0, 0.1) is 0 Å². The van der Waals surface area contributed by atoms with Gasteiger partial charge in [0.05, 0.1) is 12.2 Å². The third-order valence-electron chi connectivity index (χ3n) is 1.66. The topological polar surface area (TPSA) is 71.2 Å². The molecule has 0 aliphatic heterocycles. The molecule has 0 unspecified atom stereocenters. The summed E-state index contributed by atoms with van der Waals surface area (Å²) in [7, 11) is 0. The Labute approximate surface area is 77.0 Å². The van der Waals surface area contributed by atoms with Gasteiger partial charge in [0.15, 0.2) is 6.29 Å². The molecule has 0 amide bonds. The maximum Gasteiger partial charge on any atom is 0.171 e. The van der Waals surface area contributed by atoms with Crippen molar-refractivity contribution in [2.45, 2.75) is 39.0 Å². The van der Waals surface area contributed by atoms with Gasteiger partial charge in [0.25, 0.3) is 0 Å². The molecule has 74 valence electrons. The first-order chi connectivity index (χ1) is 5.89. The summed E-state index contributed by atoms with van der Waals surface area (Å²) in [5, 5.41) is 25.1. The molecule has 0 saturated carbocycles. The minimum atomic E-state index is -1.38. The van der Waals surface area contributed by atoms with Gasteiger partial charge in [0, 0.05) is 11.6 Å². The zero-order valence-electron chi connectivity index (χ0n) is 8.10. The zero-order valence-corrected chi connectivity index (χ0v) is 8.10. The maximum atomic E-state index is 8.68. The van der Waals surface area contributed by atoms with Gasteiger partial charge in [-0.1, -0.05) is 26.0 Å². The molecule has 1 aromatic rings. The Morgan fingerprint density at radius 1 is 1.46 bits per heavy atom. The van der Waals surface area contributed by atoms with Crippen molar-refractivity contribution in [2.24, 2.45) is 0 Å². The summed E-state index contributed by atoms with van der Waals surface area (Å²) < 4.78 is 1.42. The van der Waals surface area contributed by atoms with Crippen LogP contribution in [-0.4, -0.2) is 31.5 Å².